The Morgan fingerprint density at radius 2 is 1.96 bits per heavy atom. The minimum Gasteiger partial charge on any atom is -0.378 e. The Hall–Kier alpha value is -2.66. The molecule has 5 heteroatoms. The highest BCUT2D eigenvalue weighted by atomic mass is 32.1. The zero-order valence-electron chi connectivity index (χ0n) is 13.6. The number of benzene rings is 1. The van der Waals surface area contributed by atoms with Crippen LogP contribution in [0.4, 0.5) is 5.69 Å². The normalized spacial score (nSPS) is 12.4. The Balaban J connectivity index is 1.57. The van der Waals surface area contributed by atoms with Gasteiger partial charge in [-0.2, -0.15) is 0 Å². The van der Waals surface area contributed by atoms with E-state index in [0.29, 0.717) is 0 Å². The maximum atomic E-state index is 4.75. The van der Waals surface area contributed by atoms with Gasteiger partial charge in [-0.25, -0.2) is 9.36 Å². The fraction of sp³-hybridized carbons (Fsp3) is 0.158. The SMILES string of the molecule is Cc1cccn2cc(-c3ccc(NC(C)c4ccns4)cc3)nc12. The average Bonchev–Trinajstić information content (AvgIpc) is 3.26. The molecule has 0 aliphatic heterocycles. The molecule has 1 unspecified atom stereocenters. The van der Waals surface area contributed by atoms with Crippen LogP contribution in [0.25, 0.3) is 16.9 Å². The van der Waals surface area contributed by atoms with Crippen molar-refractivity contribution in [3.63, 3.8) is 0 Å². The van der Waals surface area contributed by atoms with Gasteiger partial charge in [0.05, 0.1) is 11.7 Å². The smallest absolute Gasteiger partial charge is 0.140 e. The highest BCUT2D eigenvalue weighted by Crippen LogP contribution is 2.25. The van der Waals surface area contributed by atoms with E-state index in [9.17, 15) is 0 Å². The quantitative estimate of drug-likeness (QED) is 0.575. The highest BCUT2D eigenvalue weighted by Gasteiger charge is 2.08. The molecule has 0 spiro atoms. The number of nitrogens with one attached hydrogen (secondary N) is 1. The first-order chi connectivity index (χ1) is 11.7. The summed E-state index contributed by atoms with van der Waals surface area (Å²) in [5.74, 6) is 0. The predicted octanol–water partition coefficient (Wildman–Crippen LogP) is 4.94. The summed E-state index contributed by atoms with van der Waals surface area (Å²) in [6.45, 7) is 4.23. The Kier molecular flexibility index (Phi) is 3.78. The van der Waals surface area contributed by atoms with Crippen LogP contribution >= 0.6 is 11.5 Å². The van der Waals surface area contributed by atoms with Crippen molar-refractivity contribution < 1.29 is 0 Å². The first-order valence-corrected chi connectivity index (χ1v) is 8.70. The molecule has 1 atom stereocenters. The Morgan fingerprint density at radius 3 is 2.67 bits per heavy atom. The second kappa shape index (κ2) is 6.09. The molecular weight excluding hydrogens is 316 g/mol. The maximum Gasteiger partial charge on any atom is 0.140 e. The van der Waals surface area contributed by atoms with Crippen molar-refractivity contribution in [3.05, 3.63) is 71.5 Å². The first-order valence-electron chi connectivity index (χ1n) is 7.92. The summed E-state index contributed by atoms with van der Waals surface area (Å²) >= 11 is 1.53. The summed E-state index contributed by atoms with van der Waals surface area (Å²) in [7, 11) is 0. The molecule has 3 aromatic heterocycles. The van der Waals surface area contributed by atoms with Crippen LogP contribution in [0.2, 0.25) is 0 Å². The van der Waals surface area contributed by atoms with Gasteiger partial charge >= 0.3 is 0 Å². The van der Waals surface area contributed by atoms with E-state index < -0.39 is 0 Å². The van der Waals surface area contributed by atoms with Gasteiger partial charge in [0.15, 0.2) is 0 Å². The van der Waals surface area contributed by atoms with Crippen LogP contribution in [-0.2, 0) is 0 Å². The minimum atomic E-state index is 0.251. The molecule has 1 aromatic carbocycles. The number of fused-ring (bicyclic) bond motifs is 1. The zero-order valence-corrected chi connectivity index (χ0v) is 14.4. The molecule has 0 aliphatic carbocycles. The molecule has 4 aromatic rings. The second-order valence-corrected chi connectivity index (χ2v) is 6.77. The molecule has 0 saturated heterocycles. The first kappa shape index (κ1) is 14.9. The van der Waals surface area contributed by atoms with E-state index >= 15 is 0 Å². The fourth-order valence-electron chi connectivity index (χ4n) is 2.80. The lowest BCUT2D eigenvalue weighted by Crippen LogP contribution is -2.04. The third-order valence-corrected chi connectivity index (χ3v) is 5.05. The van der Waals surface area contributed by atoms with Crippen molar-refractivity contribution in [2.24, 2.45) is 0 Å². The van der Waals surface area contributed by atoms with E-state index in [0.717, 1.165) is 22.6 Å². The monoisotopic (exact) mass is 334 g/mol. The third kappa shape index (κ3) is 2.78. The maximum absolute atomic E-state index is 4.75. The Labute approximate surface area is 145 Å². The van der Waals surface area contributed by atoms with Gasteiger partial charge in [0.25, 0.3) is 0 Å². The lowest BCUT2D eigenvalue weighted by Gasteiger charge is -2.13. The number of rotatable bonds is 4. The lowest BCUT2D eigenvalue weighted by atomic mass is 10.1. The molecule has 0 aliphatic rings. The Morgan fingerprint density at radius 1 is 1.12 bits per heavy atom. The summed E-state index contributed by atoms with van der Waals surface area (Å²) in [6, 6.07) is 14.9. The summed E-state index contributed by atoms with van der Waals surface area (Å²) in [5.41, 5.74) is 5.40. The summed E-state index contributed by atoms with van der Waals surface area (Å²) in [4.78, 5) is 5.98. The molecule has 1 N–H and O–H groups in total. The largest absolute Gasteiger partial charge is 0.378 e. The van der Waals surface area contributed by atoms with Crippen molar-refractivity contribution in [1.82, 2.24) is 13.8 Å². The number of aryl methyl sites for hydroxylation is 1. The van der Waals surface area contributed by atoms with Crippen LogP contribution in [0, 0.1) is 6.92 Å². The number of anilines is 1. The van der Waals surface area contributed by atoms with E-state index in [1.807, 2.05) is 18.5 Å². The number of aromatic nitrogens is 3. The molecule has 24 heavy (non-hydrogen) atoms. The van der Waals surface area contributed by atoms with Gasteiger partial charge in [-0.15, -0.1) is 0 Å². The molecule has 0 saturated carbocycles. The summed E-state index contributed by atoms with van der Waals surface area (Å²) in [5, 5.41) is 3.50. The van der Waals surface area contributed by atoms with Crippen molar-refractivity contribution in [2.45, 2.75) is 19.9 Å². The van der Waals surface area contributed by atoms with Crippen LogP contribution in [0.3, 0.4) is 0 Å². The van der Waals surface area contributed by atoms with Crippen LogP contribution < -0.4 is 5.32 Å². The molecule has 0 amide bonds. The van der Waals surface area contributed by atoms with Crippen molar-refractivity contribution in [2.75, 3.05) is 5.32 Å². The number of nitrogens with zero attached hydrogens (tertiary/aromatic N) is 3. The molecule has 120 valence electrons. The van der Waals surface area contributed by atoms with Crippen LogP contribution in [0.1, 0.15) is 23.4 Å². The van der Waals surface area contributed by atoms with Crippen LogP contribution in [0.5, 0.6) is 0 Å². The van der Waals surface area contributed by atoms with Gasteiger partial charge in [-0.05, 0) is 55.2 Å². The van der Waals surface area contributed by atoms with Gasteiger partial charge in [0.2, 0.25) is 0 Å². The lowest BCUT2D eigenvalue weighted by molar-refractivity contribution is 0.908. The number of imidazole rings is 1. The molecule has 4 nitrogen and oxygen atoms in total. The van der Waals surface area contributed by atoms with E-state index in [1.165, 1.54) is 22.0 Å². The summed E-state index contributed by atoms with van der Waals surface area (Å²) < 4.78 is 6.23. The van der Waals surface area contributed by atoms with Crippen molar-refractivity contribution in [1.29, 1.82) is 0 Å². The molecule has 0 fully saturated rings. The van der Waals surface area contributed by atoms with Crippen molar-refractivity contribution in [3.8, 4) is 11.3 Å². The van der Waals surface area contributed by atoms with Crippen LogP contribution in [0.15, 0.2) is 61.1 Å². The van der Waals surface area contributed by atoms with Gasteiger partial charge in [0, 0.05) is 34.7 Å². The van der Waals surface area contributed by atoms with Gasteiger partial charge in [-0.1, -0.05) is 18.2 Å². The molecule has 4 rings (SSSR count). The van der Waals surface area contributed by atoms with Crippen LogP contribution in [-0.4, -0.2) is 13.8 Å². The fourth-order valence-corrected chi connectivity index (χ4v) is 3.38. The minimum absolute atomic E-state index is 0.251. The van der Waals surface area contributed by atoms with Crippen molar-refractivity contribution >= 4 is 22.9 Å². The van der Waals surface area contributed by atoms with E-state index in [1.54, 1.807) is 0 Å². The topological polar surface area (TPSA) is 42.2 Å². The second-order valence-electron chi connectivity index (χ2n) is 5.91. The zero-order chi connectivity index (χ0) is 16.5. The van der Waals surface area contributed by atoms with E-state index in [2.05, 4.69) is 70.5 Å². The number of hydrogen-bond donors (Lipinski definition) is 1. The van der Waals surface area contributed by atoms with Gasteiger partial charge in [-0.3, -0.25) is 0 Å². The molecular formula is C19H18N4S. The standard InChI is InChI=1S/C19H18N4S/c1-13-4-3-11-23-12-17(22-19(13)23)15-5-7-16(8-6-15)21-14(2)18-9-10-20-24-18/h3-12,14,21H,1-2H3. The molecule has 0 bridgehead atoms. The number of pyridine rings is 1. The van der Waals surface area contributed by atoms with E-state index in [-0.39, 0.29) is 6.04 Å². The number of hydrogen-bond acceptors (Lipinski definition) is 4. The molecule has 0 radical (unpaired) electrons. The average molecular weight is 334 g/mol. The summed E-state index contributed by atoms with van der Waals surface area (Å²) in [6.07, 6.45) is 5.95. The Bertz CT molecular complexity index is 955. The van der Waals surface area contributed by atoms with E-state index in [4.69, 9.17) is 4.98 Å². The predicted molar refractivity (Wildman–Crippen MR) is 99.5 cm³/mol. The third-order valence-electron chi connectivity index (χ3n) is 4.13. The highest BCUT2D eigenvalue weighted by molar-refractivity contribution is 7.05. The molecule has 3 heterocycles. The van der Waals surface area contributed by atoms with Gasteiger partial charge in [0.1, 0.15) is 5.65 Å². The van der Waals surface area contributed by atoms with Gasteiger partial charge < -0.3 is 9.72 Å².